The van der Waals surface area contributed by atoms with Gasteiger partial charge in [-0.15, -0.1) is 0 Å². The van der Waals surface area contributed by atoms with Crippen LogP contribution in [0.25, 0.3) is 11.4 Å². The highest BCUT2D eigenvalue weighted by molar-refractivity contribution is 5.43. The van der Waals surface area contributed by atoms with Crippen LogP contribution in [0.3, 0.4) is 0 Å². The van der Waals surface area contributed by atoms with Gasteiger partial charge in [-0.25, -0.2) is 13.9 Å². The first-order chi connectivity index (χ1) is 15.2. The van der Waals surface area contributed by atoms with Gasteiger partial charge >= 0.3 is 5.69 Å². The standard InChI is InChI=1S/C26H24N2O3/c1-2-18-31-25-23(19-20-12-6-3-7-13-20)24(29)27(21-14-8-4-9-15-21)26(30)28(25)22-16-10-5-11-17-22/h3-17H,2,18-19H2,1H3. The zero-order chi connectivity index (χ0) is 21.6. The van der Waals surface area contributed by atoms with Crippen LogP contribution in [-0.4, -0.2) is 15.7 Å². The van der Waals surface area contributed by atoms with Crippen LogP contribution < -0.4 is 16.0 Å². The van der Waals surface area contributed by atoms with E-state index in [0.29, 0.717) is 35.8 Å². The van der Waals surface area contributed by atoms with Gasteiger partial charge < -0.3 is 4.74 Å². The van der Waals surface area contributed by atoms with Gasteiger partial charge in [0.2, 0.25) is 5.88 Å². The predicted molar refractivity (Wildman–Crippen MR) is 123 cm³/mol. The van der Waals surface area contributed by atoms with Crippen molar-refractivity contribution in [2.45, 2.75) is 19.8 Å². The molecule has 4 rings (SSSR count). The molecule has 0 bridgehead atoms. The van der Waals surface area contributed by atoms with Gasteiger partial charge in [0.15, 0.2) is 0 Å². The van der Waals surface area contributed by atoms with Crippen molar-refractivity contribution in [2.75, 3.05) is 6.61 Å². The van der Waals surface area contributed by atoms with Gasteiger partial charge in [-0.1, -0.05) is 73.7 Å². The summed E-state index contributed by atoms with van der Waals surface area (Å²) in [7, 11) is 0. The second-order valence-electron chi connectivity index (χ2n) is 7.22. The van der Waals surface area contributed by atoms with E-state index in [2.05, 4.69) is 0 Å². The summed E-state index contributed by atoms with van der Waals surface area (Å²) in [5.74, 6) is 0.305. The third-order valence-electron chi connectivity index (χ3n) is 5.00. The Hall–Kier alpha value is -3.86. The van der Waals surface area contributed by atoms with Gasteiger partial charge in [0.1, 0.15) is 0 Å². The molecule has 1 aromatic heterocycles. The number of rotatable bonds is 7. The summed E-state index contributed by atoms with van der Waals surface area (Å²) in [5, 5.41) is 0. The molecular formula is C26H24N2O3. The minimum atomic E-state index is -0.453. The van der Waals surface area contributed by atoms with Crippen LogP contribution in [0, 0.1) is 0 Å². The molecule has 3 aromatic carbocycles. The van der Waals surface area contributed by atoms with Crippen molar-refractivity contribution in [3.05, 3.63) is 123 Å². The zero-order valence-electron chi connectivity index (χ0n) is 17.4. The molecule has 5 nitrogen and oxygen atoms in total. The van der Waals surface area contributed by atoms with Gasteiger partial charge in [0.25, 0.3) is 5.56 Å². The van der Waals surface area contributed by atoms with Crippen LogP contribution in [0.1, 0.15) is 24.5 Å². The van der Waals surface area contributed by atoms with Crippen molar-refractivity contribution >= 4 is 0 Å². The molecule has 0 saturated carbocycles. The van der Waals surface area contributed by atoms with E-state index in [9.17, 15) is 9.59 Å². The average Bonchev–Trinajstić information content (AvgIpc) is 2.82. The molecule has 0 unspecified atom stereocenters. The monoisotopic (exact) mass is 412 g/mol. The van der Waals surface area contributed by atoms with E-state index in [1.165, 1.54) is 9.13 Å². The fourth-order valence-corrected chi connectivity index (χ4v) is 3.55. The highest BCUT2D eigenvalue weighted by atomic mass is 16.5. The molecular weight excluding hydrogens is 388 g/mol. The lowest BCUT2D eigenvalue weighted by atomic mass is 10.1. The molecule has 0 atom stereocenters. The minimum absolute atomic E-state index is 0.305. The topological polar surface area (TPSA) is 53.2 Å². The molecule has 0 aliphatic rings. The lowest BCUT2D eigenvalue weighted by molar-refractivity contribution is 0.290. The van der Waals surface area contributed by atoms with Crippen LogP contribution in [0.15, 0.2) is 101 Å². The molecule has 0 saturated heterocycles. The van der Waals surface area contributed by atoms with Gasteiger partial charge in [-0.05, 0) is 36.2 Å². The molecule has 0 N–H and O–H groups in total. The van der Waals surface area contributed by atoms with E-state index >= 15 is 0 Å². The first kappa shape index (κ1) is 20.4. The second-order valence-corrected chi connectivity index (χ2v) is 7.22. The number of ether oxygens (including phenoxy) is 1. The molecule has 0 radical (unpaired) electrons. The molecule has 156 valence electrons. The first-order valence-electron chi connectivity index (χ1n) is 10.4. The largest absolute Gasteiger partial charge is 0.478 e. The maximum Gasteiger partial charge on any atom is 0.343 e. The zero-order valence-corrected chi connectivity index (χ0v) is 17.4. The first-order valence-corrected chi connectivity index (χ1v) is 10.4. The van der Waals surface area contributed by atoms with Crippen LogP contribution in [0.5, 0.6) is 5.88 Å². The molecule has 0 aliphatic carbocycles. The van der Waals surface area contributed by atoms with E-state index in [1.54, 1.807) is 12.1 Å². The third-order valence-corrected chi connectivity index (χ3v) is 5.00. The number of hydrogen-bond acceptors (Lipinski definition) is 3. The summed E-state index contributed by atoms with van der Waals surface area (Å²) in [6, 6.07) is 28.0. The molecule has 5 heteroatoms. The minimum Gasteiger partial charge on any atom is -0.478 e. The smallest absolute Gasteiger partial charge is 0.343 e. The Kier molecular flexibility index (Phi) is 6.13. The Balaban J connectivity index is 2.06. The van der Waals surface area contributed by atoms with Crippen LogP contribution in [-0.2, 0) is 6.42 Å². The molecule has 4 aromatic rings. The summed E-state index contributed by atoms with van der Waals surface area (Å²) < 4.78 is 8.77. The summed E-state index contributed by atoms with van der Waals surface area (Å²) in [5.41, 5.74) is 1.78. The maximum atomic E-state index is 13.6. The Bertz CT molecular complexity index is 1260. The number of para-hydroxylation sites is 2. The Morgan fingerprint density at radius 3 is 1.77 bits per heavy atom. The number of nitrogens with zero attached hydrogens (tertiary/aromatic N) is 2. The lowest BCUT2D eigenvalue weighted by Crippen LogP contribution is -2.41. The Morgan fingerprint density at radius 1 is 0.710 bits per heavy atom. The SMILES string of the molecule is CCCOc1c(Cc2ccccc2)c(=O)n(-c2ccccc2)c(=O)n1-c1ccccc1. The molecule has 0 aliphatic heterocycles. The number of hydrogen-bond donors (Lipinski definition) is 0. The molecule has 0 spiro atoms. The Labute approximate surface area is 180 Å². The summed E-state index contributed by atoms with van der Waals surface area (Å²) in [6.07, 6.45) is 1.12. The van der Waals surface area contributed by atoms with Crippen molar-refractivity contribution in [1.29, 1.82) is 0 Å². The fourth-order valence-electron chi connectivity index (χ4n) is 3.55. The van der Waals surface area contributed by atoms with Gasteiger partial charge in [-0.2, -0.15) is 0 Å². The van der Waals surface area contributed by atoms with Gasteiger partial charge in [0, 0.05) is 6.42 Å². The van der Waals surface area contributed by atoms with E-state index in [-0.39, 0.29) is 5.56 Å². The van der Waals surface area contributed by atoms with Gasteiger partial charge in [-0.3, -0.25) is 4.79 Å². The van der Waals surface area contributed by atoms with Crippen LogP contribution >= 0.6 is 0 Å². The predicted octanol–water partition coefficient (Wildman–Crippen LogP) is 4.37. The van der Waals surface area contributed by atoms with E-state index < -0.39 is 5.69 Å². The van der Waals surface area contributed by atoms with Crippen molar-refractivity contribution in [3.63, 3.8) is 0 Å². The summed E-state index contributed by atoms with van der Waals surface area (Å²) in [4.78, 5) is 27.3. The fraction of sp³-hybridized carbons (Fsp3) is 0.154. The van der Waals surface area contributed by atoms with Gasteiger partial charge in [0.05, 0.1) is 23.5 Å². The van der Waals surface area contributed by atoms with Crippen LogP contribution in [0.2, 0.25) is 0 Å². The van der Waals surface area contributed by atoms with E-state index in [4.69, 9.17) is 4.74 Å². The highest BCUT2D eigenvalue weighted by Crippen LogP contribution is 2.22. The van der Waals surface area contributed by atoms with Crippen LogP contribution in [0.4, 0.5) is 0 Å². The van der Waals surface area contributed by atoms with Crippen molar-refractivity contribution in [3.8, 4) is 17.3 Å². The molecule has 0 amide bonds. The number of benzene rings is 3. The lowest BCUT2D eigenvalue weighted by Gasteiger charge is -2.20. The number of aromatic nitrogens is 2. The van der Waals surface area contributed by atoms with Crippen molar-refractivity contribution < 1.29 is 4.74 Å². The summed E-state index contributed by atoms with van der Waals surface area (Å²) >= 11 is 0. The van der Waals surface area contributed by atoms with Crippen molar-refractivity contribution in [2.24, 2.45) is 0 Å². The quantitative estimate of drug-likeness (QED) is 0.453. The Morgan fingerprint density at radius 2 is 1.23 bits per heavy atom. The maximum absolute atomic E-state index is 13.6. The molecule has 31 heavy (non-hydrogen) atoms. The molecule has 1 heterocycles. The molecule has 0 fully saturated rings. The normalized spacial score (nSPS) is 10.7. The third kappa shape index (κ3) is 4.21. The van der Waals surface area contributed by atoms with E-state index in [0.717, 1.165) is 12.0 Å². The van der Waals surface area contributed by atoms with E-state index in [1.807, 2.05) is 85.8 Å². The summed E-state index contributed by atoms with van der Waals surface area (Å²) in [6.45, 7) is 2.40. The average molecular weight is 412 g/mol. The second kappa shape index (κ2) is 9.30. The van der Waals surface area contributed by atoms with Crippen molar-refractivity contribution in [1.82, 2.24) is 9.13 Å². The highest BCUT2D eigenvalue weighted by Gasteiger charge is 2.22.